The molecule has 12 rings (SSSR count). The predicted molar refractivity (Wildman–Crippen MR) is 224 cm³/mol. The Balaban J connectivity index is 1.11. The fourth-order valence-electron chi connectivity index (χ4n) is 8.95. The van der Waals surface area contributed by atoms with Gasteiger partial charge in [-0.1, -0.05) is 140 Å². The van der Waals surface area contributed by atoms with Gasteiger partial charge < -0.3 is 9.13 Å². The maximum absolute atomic E-state index is 5.38. The number of aromatic nitrogens is 4. The van der Waals surface area contributed by atoms with Crippen molar-refractivity contribution in [1.29, 1.82) is 0 Å². The van der Waals surface area contributed by atoms with E-state index in [0.717, 1.165) is 56.4 Å². The molecule has 54 heavy (non-hydrogen) atoms. The minimum Gasteiger partial charge on any atom is -0.309 e. The fraction of sp³-hybridized carbons (Fsp3) is 0. The van der Waals surface area contributed by atoms with Gasteiger partial charge in [0.15, 0.2) is 5.82 Å². The van der Waals surface area contributed by atoms with E-state index in [2.05, 4.69) is 185 Å². The summed E-state index contributed by atoms with van der Waals surface area (Å²) in [5.41, 5.74) is 14.4. The Labute approximate surface area is 310 Å². The quantitative estimate of drug-likeness (QED) is 0.185. The van der Waals surface area contributed by atoms with Gasteiger partial charge in [-0.15, -0.1) is 0 Å². The van der Waals surface area contributed by atoms with Gasteiger partial charge in [-0.3, -0.25) is 0 Å². The minimum absolute atomic E-state index is 0.729. The first kappa shape index (κ1) is 29.3. The van der Waals surface area contributed by atoms with Crippen molar-refractivity contribution in [2.45, 2.75) is 0 Å². The Bertz CT molecular complexity index is 3270. The number of hydrogen-bond acceptors (Lipinski definition) is 2. The topological polar surface area (TPSA) is 35.6 Å². The van der Waals surface area contributed by atoms with Gasteiger partial charge in [-0.2, -0.15) is 0 Å². The highest BCUT2D eigenvalue weighted by Crippen LogP contribution is 2.50. The highest BCUT2D eigenvalue weighted by atomic mass is 15.0. The molecule has 0 amide bonds. The molecule has 0 atom stereocenters. The summed E-state index contributed by atoms with van der Waals surface area (Å²) in [6, 6.07) is 65.4. The van der Waals surface area contributed by atoms with Crippen molar-refractivity contribution in [2.24, 2.45) is 0 Å². The number of rotatable bonds is 4. The van der Waals surface area contributed by atoms with Gasteiger partial charge in [0.25, 0.3) is 0 Å². The van der Waals surface area contributed by atoms with Crippen LogP contribution >= 0.6 is 0 Å². The number of benzene rings is 8. The Morgan fingerprint density at radius 1 is 0.352 bits per heavy atom. The molecule has 11 aromatic rings. The molecule has 3 heterocycles. The number of para-hydroxylation sites is 3. The lowest BCUT2D eigenvalue weighted by Crippen LogP contribution is -1.99. The summed E-state index contributed by atoms with van der Waals surface area (Å²) >= 11 is 0. The van der Waals surface area contributed by atoms with Crippen LogP contribution in [0, 0.1) is 0 Å². The third kappa shape index (κ3) is 4.08. The Kier molecular flexibility index (Phi) is 6.02. The second kappa shape index (κ2) is 11.1. The molecule has 0 fully saturated rings. The lowest BCUT2D eigenvalue weighted by atomic mass is 9.99. The summed E-state index contributed by atoms with van der Waals surface area (Å²) in [7, 11) is 0. The molecule has 0 aliphatic heterocycles. The van der Waals surface area contributed by atoms with Crippen LogP contribution in [-0.2, 0) is 0 Å². The molecule has 8 aromatic carbocycles. The minimum atomic E-state index is 0.729. The van der Waals surface area contributed by atoms with Crippen molar-refractivity contribution < 1.29 is 0 Å². The van der Waals surface area contributed by atoms with Gasteiger partial charge in [0.2, 0.25) is 0 Å². The summed E-state index contributed by atoms with van der Waals surface area (Å²) in [4.78, 5) is 10.6. The van der Waals surface area contributed by atoms with Crippen LogP contribution < -0.4 is 0 Å². The second-order valence-corrected chi connectivity index (χ2v) is 14.2. The zero-order chi connectivity index (χ0) is 35.3. The van der Waals surface area contributed by atoms with E-state index in [1.54, 1.807) is 0 Å². The Hall–Kier alpha value is -7.30. The molecular formula is C50H30N4. The summed E-state index contributed by atoms with van der Waals surface area (Å²) < 4.78 is 4.82. The van der Waals surface area contributed by atoms with Crippen molar-refractivity contribution in [3.8, 4) is 56.4 Å². The molecule has 0 N–H and O–H groups in total. The van der Waals surface area contributed by atoms with Crippen LogP contribution in [0.5, 0.6) is 0 Å². The molecule has 3 aromatic heterocycles. The van der Waals surface area contributed by atoms with Crippen LogP contribution in [0.4, 0.5) is 0 Å². The van der Waals surface area contributed by atoms with Gasteiger partial charge in [0.05, 0.1) is 33.5 Å². The standard InChI is InChI=1S/C50H30N4/c1-2-13-32(14-3-1)50-51-48(47-40-22-11-15-31-16-12-23-41(46(31)40)49(47)52-50)33-17-10-18-34(29-33)54-44-26-9-6-21-38(44)39-28-27-35(30-45(39)54)53-42-24-7-4-19-36(42)37-20-5-8-25-43(37)53/h1-30H. The highest BCUT2D eigenvalue weighted by Gasteiger charge is 2.28. The molecule has 0 saturated carbocycles. The number of fused-ring (bicyclic) bond motifs is 9. The third-order valence-electron chi connectivity index (χ3n) is 11.2. The molecule has 0 radical (unpaired) electrons. The molecule has 0 saturated heterocycles. The average Bonchev–Trinajstić information content (AvgIpc) is 3.87. The zero-order valence-corrected chi connectivity index (χ0v) is 29.1. The largest absolute Gasteiger partial charge is 0.309 e. The second-order valence-electron chi connectivity index (χ2n) is 14.2. The van der Waals surface area contributed by atoms with Crippen molar-refractivity contribution in [3.05, 3.63) is 182 Å². The maximum Gasteiger partial charge on any atom is 0.160 e. The van der Waals surface area contributed by atoms with Gasteiger partial charge in [0.1, 0.15) is 0 Å². The van der Waals surface area contributed by atoms with Crippen LogP contribution in [0.3, 0.4) is 0 Å². The monoisotopic (exact) mass is 686 g/mol. The van der Waals surface area contributed by atoms with E-state index in [1.807, 2.05) is 6.07 Å². The molecule has 250 valence electrons. The van der Waals surface area contributed by atoms with Gasteiger partial charge in [0, 0.05) is 55.2 Å². The smallest absolute Gasteiger partial charge is 0.160 e. The molecule has 1 aliphatic rings. The molecule has 0 spiro atoms. The van der Waals surface area contributed by atoms with E-state index in [1.165, 1.54) is 54.4 Å². The van der Waals surface area contributed by atoms with Crippen LogP contribution in [0.25, 0.3) is 111 Å². The highest BCUT2D eigenvalue weighted by molar-refractivity contribution is 6.17. The first-order valence-electron chi connectivity index (χ1n) is 18.4. The molecule has 4 heteroatoms. The fourth-order valence-corrected chi connectivity index (χ4v) is 8.95. The SMILES string of the molecule is c1ccc(-c2nc(-c3cccc(-n4c5ccccc5c5ccc(-n6c7ccccc7c7ccccc76)cc54)c3)c3c(n2)-c2cccc4cccc-3c24)cc1. The summed E-state index contributed by atoms with van der Waals surface area (Å²) in [5, 5.41) is 7.42. The third-order valence-corrected chi connectivity index (χ3v) is 11.2. The van der Waals surface area contributed by atoms with Crippen molar-refractivity contribution in [3.63, 3.8) is 0 Å². The normalized spacial score (nSPS) is 12.1. The van der Waals surface area contributed by atoms with Crippen LogP contribution in [0.2, 0.25) is 0 Å². The van der Waals surface area contributed by atoms with E-state index < -0.39 is 0 Å². The molecule has 1 aliphatic carbocycles. The molecular weight excluding hydrogens is 657 g/mol. The van der Waals surface area contributed by atoms with Crippen LogP contribution in [-0.4, -0.2) is 19.1 Å². The van der Waals surface area contributed by atoms with Gasteiger partial charge in [-0.25, -0.2) is 9.97 Å². The first-order valence-corrected chi connectivity index (χ1v) is 18.4. The van der Waals surface area contributed by atoms with E-state index >= 15 is 0 Å². The van der Waals surface area contributed by atoms with E-state index in [9.17, 15) is 0 Å². The van der Waals surface area contributed by atoms with E-state index in [4.69, 9.17) is 9.97 Å². The average molecular weight is 687 g/mol. The summed E-state index contributed by atoms with van der Waals surface area (Å²) in [5.74, 6) is 0.729. The Morgan fingerprint density at radius 2 is 0.889 bits per heavy atom. The van der Waals surface area contributed by atoms with Crippen molar-refractivity contribution in [2.75, 3.05) is 0 Å². The van der Waals surface area contributed by atoms with Crippen LogP contribution in [0.15, 0.2) is 182 Å². The lowest BCUT2D eigenvalue weighted by Gasteiger charge is -2.15. The molecule has 4 nitrogen and oxygen atoms in total. The van der Waals surface area contributed by atoms with Gasteiger partial charge in [-0.05, 0) is 58.8 Å². The van der Waals surface area contributed by atoms with Gasteiger partial charge >= 0.3 is 0 Å². The number of hydrogen-bond donors (Lipinski definition) is 0. The van der Waals surface area contributed by atoms with E-state index in [-0.39, 0.29) is 0 Å². The van der Waals surface area contributed by atoms with Crippen molar-refractivity contribution >= 4 is 54.4 Å². The summed E-state index contributed by atoms with van der Waals surface area (Å²) in [6.45, 7) is 0. The van der Waals surface area contributed by atoms with Crippen molar-refractivity contribution in [1.82, 2.24) is 19.1 Å². The van der Waals surface area contributed by atoms with E-state index in [0.29, 0.717) is 0 Å². The summed E-state index contributed by atoms with van der Waals surface area (Å²) in [6.07, 6.45) is 0. The first-order chi connectivity index (χ1) is 26.8. The predicted octanol–water partition coefficient (Wildman–Crippen LogP) is 12.8. The zero-order valence-electron chi connectivity index (χ0n) is 29.1. The van der Waals surface area contributed by atoms with Crippen LogP contribution in [0.1, 0.15) is 0 Å². The maximum atomic E-state index is 5.38. The molecule has 0 bridgehead atoms. The lowest BCUT2D eigenvalue weighted by molar-refractivity contribution is 1.15. The Morgan fingerprint density at radius 3 is 1.59 bits per heavy atom. The molecule has 0 unspecified atom stereocenters. The number of nitrogens with zero attached hydrogens (tertiary/aromatic N) is 4.